The first-order valence-corrected chi connectivity index (χ1v) is 6.73. The van der Waals surface area contributed by atoms with Crippen LogP contribution in [0.15, 0.2) is 54.6 Å². The van der Waals surface area contributed by atoms with Crippen LogP contribution < -0.4 is 10.1 Å². The summed E-state index contributed by atoms with van der Waals surface area (Å²) in [4.78, 5) is 0. The highest BCUT2D eigenvalue weighted by molar-refractivity contribution is 5.85. The molecule has 0 aliphatic rings. The van der Waals surface area contributed by atoms with Gasteiger partial charge in [0.2, 0.25) is 0 Å². The molecule has 1 unspecified atom stereocenters. The highest BCUT2D eigenvalue weighted by atomic mass is 35.5. The molecule has 1 atom stereocenters. The van der Waals surface area contributed by atoms with Crippen molar-refractivity contribution in [3.63, 3.8) is 0 Å². The Kier molecular flexibility index (Phi) is 7.39. The first kappa shape index (κ1) is 17.1. The molecular weight excluding hydrogens is 282 g/mol. The summed E-state index contributed by atoms with van der Waals surface area (Å²) in [6.07, 6.45) is 5.19. The zero-order valence-electron chi connectivity index (χ0n) is 12.1. The molecule has 0 aliphatic heterocycles. The molecule has 0 heterocycles. The van der Waals surface area contributed by atoms with Gasteiger partial charge in [-0.1, -0.05) is 48.4 Å². The lowest BCUT2D eigenvalue weighted by Crippen LogP contribution is -2.17. The third-order valence-corrected chi connectivity index (χ3v) is 3.13. The SMILES string of the molecule is C#CCOc1cccc(CNC(C)c2ccccc2)c1.Cl. The van der Waals surface area contributed by atoms with Crippen molar-refractivity contribution in [2.45, 2.75) is 19.5 Å². The molecule has 3 heteroatoms. The minimum absolute atomic E-state index is 0. The Bertz CT molecular complexity index is 577. The van der Waals surface area contributed by atoms with Crippen LogP contribution in [0.1, 0.15) is 24.1 Å². The Morgan fingerprint density at radius 3 is 2.62 bits per heavy atom. The van der Waals surface area contributed by atoms with Gasteiger partial charge in [-0.2, -0.15) is 0 Å². The predicted molar refractivity (Wildman–Crippen MR) is 89.7 cm³/mol. The molecule has 0 saturated heterocycles. The molecule has 110 valence electrons. The molecule has 21 heavy (non-hydrogen) atoms. The van der Waals surface area contributed by atoms with Crippen molar-refractivity contribution >= 4 is 12.4 Å². The average Bonchev–Trinajstić information content (AvgIpc) is 2.52. The number of hydrogen-bond acceptors (Lipinski definition) is 2. The van der Waals surface area contributed by atoms with Crippen molar-refractivity contribution in [3.8, 4) is 18.1 Å². The van der Waals surface area contributed by atoms with Crippen molar-refractivity contribution in [2.24, 2.45) is 0 Å². The molecule has 0 spiro atoms. The van der Waals surface area contributed by atoms with E-state index in [4.69, 9.17) is 11.2 Å². The summed E-state index contributed by atoms with van der Waals surface area (Å²) >= 11 is 0. The Labute approximate surface area is 132 Å². The van der Waals surface area contributed by atoms with E-state index < -0.39 is 0 Å². The maximum absolute atomic E-state index is 5.42. The molecule has 1 N–H and O–H groups in total. The van der Waals surface area contributed by atoms with E-state index in [-0.39, 0.29) is 12.4 Å². The van der Waals surface area contributed by atoms with Crippen molar-refractivity contribution < 1.29 is 4.74 Å². The summed E-state index contributed by atoms with van der Waals surface area (Å²) in [5.41, 5.74) is 2.47. The van der Waals surface area contributed by atoms with Crippen molar-refractivity contribution in [1.29, 1.82) is 0 Å². The smallest absolute Gasteiger partial charge is 0.148 e. The van der Waals surface area contributed by atoms with Gasteiger partial charge >= 0.3 is 0 Å². The van der Waals surface area contributed by atoms with E-state index in [1.54, 1.807) is 0 Å². The second-order valence-electron chi connectivity index (χ2n) is 4.65. The fourth-order valence-electron chi connectivity index (χ4n) is 2.00. The molecular formula is C18H20ClNO. The van der Waals surface area contributed by atoms with Crippen LogP contribution >= 0.6 is 12.4 Å². The summed E-state index contributed by atoms with van der Waals surface area (Å²) < 4.78 is 5.42. The molecule has 0 fully saturated rings. The van der Waals surface area contributed by atoms with Crippen molar-refractivity contribution in [3.05, 3.63) is 65.7 Å². The molecule has 0 aliphatic carbocycles. The summed E-state index contributed by atoms with van der Waals surface area (Å²) in [7, 11) is 0. The van der Waals surface area contributed by atoms with Gasteiger partial charge in [-0.15, -0.1) is 18.8 Å². The molecule has 2 aromatic rings. The Balaban J connectivity index is 0.00000220. The van der Waals surface area contributed by atoms with Gasteiger partial charge in [-0.25, -0.2) is 0 Å². The monoisotopic (exact) mass is 301 g/mol. The van der Waals surface area contributed by atoms with E-state index in [0.29, 0.717) is 12.6 Å². The zero-order valence-corrected chi connectivity index (χ0v) is 12.9. The maximum atomic E-state index is 5.42. The zero-order chi connectivity index (χ0) is 14.2. The number of nitrogens with one attached hydrogen (secondary N) is 1. The van der Waals surface area contributed by atoms with Crippen LogP contribution in [-0.2, 0) is 6.54 Å². The van der Waals surface area contributed by atoms with Gasteiger partial charge in [0.1, 0.15) is 12.4 Å². The normalized spacial score (nSPS) is 11.0. The summed E-state index contributed by atoms with van der Waals surface area (Å²) in [5, 5.41) is 3.50. The average molecular weight is 302 g/mol. The van der Waals surface area contributed by atoms with Crippen LogP contribution in [0.2, 0.25) is 0 Å². The van der Waals surface area contributed by atoms with Crippen LogP contribution in [0.3, 0.4) is 0 Å². The van der Waals surface area contributed by atoms with Crippen LogP contribution in [0.4, 0.5) is 0 Å². The minimum atomic E-state index is 0. The lowest BCUT2D eigenvalue weighted by atomic mass is 10.1. The first-order chi connectivity index (χ1) is 9.79. The van der Waals surface area contributed by atoms with Crippen molar-refractivity contribution in [2.75, 3.05) is 6.61 Å². The van der Waals surface area contributed by atoms with Crippen LogP contribution in [0.5, 0.6) is 5.75 Å². The summed E-state index contributed by atoms with van der Waals surface area (Å²) in [6.45, 7) is 3.26. The van der Waals surface area contributed by atoms with E-state index in [2.05, 4.69) is 48.5 Å². The third-order valence-electron chi connectivity index (χ3n) is 3.13. The standard InChI is InChI=1S/C18H19NO.ClH/c1-3-12-20-18-11-7-8-16(13-18)14-19-15(2)17-9-5-4-6-10-17;/h1,4-11,13,15,19H,12,14H2,2H3;1H. The van der Waals surface area contributed by atoms with Gasteiger partial charge in [-0.3, -0.25) is 0 Å². The minimum Gasteiger partial charge on any atom is -0.481 e. The van der Waals surface area contributed by atoms with E-state index >= 15 is 0 Å². The van der Waals surface area contributed by atoms with Gasteiger partial charge in [-0.05, 0) is 30.2 Å². The number of terminal acetylenes is 1. The molecule has 2 aromatic carbocycles. The van der Waals surface area contributed by atoms with E-state index in [1.165, 1.54) is 11.1 Å². The summed E-state index contributed by atoms with van der Waals surface area (Å²) in [6, 6.07) is 18.7. The highest BCUT2D eigenvalue weighted by Gasteiger charge is 2.04. The van der Waals surface area contributed by atoms with Gasteiger partial charge in [0.05, 0.1) is 0 Å². The van der Waals surface area contributed by atoms with Gasteiger partial charge in [0.25, 0.3) is 0 Å². The molecule has 0 bridgehead atoms. The second kappa shape index (κ2) is 9.07. The quantitative estimate of drug-likeness (QED) is 0.815. The van der Waals surface area contributed by atoms with E-state index in [9.17, 15) is 0 Å². The fourth-order valence-corrected chi connectivity index (χ4v) is 2.00. The third kappa shape index (κ3) is 5.51. The lowest BCUT2D eigenvalue weighted by molar-refractivity contribution is 0.369. The number of ether oxygens (including phenoxy) is 1. The highest BCUT2D eigenvalue weighted by Crippen LogP contribution is 2.15. The maximum Gasteiger partial charge on any atom is 0.148 e. The van der Waals surface area contributed by atoms with Crippen LogP contribution in [0.25, 0.3) is 0 Å². The molecule has 0 aromatic heterocycles. The Hall–Kier alpha value is -1.95. The van der Waals surface area contributed by atoms with Crippen LogP contribution in [-0.4, -0.2) is 6.61 Å². The number of benzene rings is 2. The van der Waals surface area contributed by atoms with Gasteiger partial charge < -0.3 is 10.1 Å². The van der Waals surface area contributed by atoms with Crippen LogP contribution in [0, 0.1) is 12.3 Å². The number of rotatable bonds is 6. The first-order valence-electron chi connectivity index (χ1n) is 6.73. The Morgan fingerprint density at radius 2 is 1.90 bits per heavy atom. The Morgan fingerprint density at radius 1 is 1.14 bits per heavy atom. The molecule has 2 rings (SSSR count). The topological polar surface area (TPSA) is 21.3 Å². The van der Waals surface area contributed by atoms with Crippen molar-refractivity contribution in [1.82, 2.24) is 5.32 Å². The molecule has 0 radical (unpaired) electrons. The van der Waals surface area contributed by atoms with E-state index in [0.717, 1.165) is 12.3 Å². The molecule has 0 amide bonds. The van der Waals surface area contributed by atoms with Gasteiger partial charge in [0, 0.05) is 12.6 Å². The molecule has 0 saturated carbocycles. The second-order valence-corrected chi connectivity index (χ2v) is 4.65. The largest absolute Gasteiger partial charge is 0.481 e. The molecule has 2 nitrogen and oxygen atoms in total. The number of hydrogen-bond donors (Lipinski definition) is 1. The predicted octanol–water partition coefficient (Wildman–Crippen LogP) is 3.97. The lowest BCUT2D eigenvalue weighted by Gasteiger charge is -2.14. The fraction of sp³-hybridized carbons (Fsp3) is 0.222. The summed E-state index contributed by atoms with van der Waals surface area (Å²) in [5.74, 6) is 3.28. The van der Waals surface area contributed by atoms with E-state index in [1.807, 2.05) is 24.3 Å². The number of halogens is 1. The van der Waals surface area contributed by atoms with Gasteiger partial charge in [0.15, 0.2) is 0 Å².